The summed E-state index contributed by atoms with van der Waals surface area (Å²) in [5.74, 6) is 0.721. The summed E-state index contributed by atoms with van der Waals surface area (Å²) < 4.78 is 5.93. The molecule has 1 N–H and O–H groups in total. The van der Waals surface area contributed by atoms with E-state index in [1.807, 2.05) is 18.2 Å². The van der Waals surface area contributed by atoms with E-state index in [2.05, 4.69) is 23.7 Å². The van der Waals surface area contributed by atoms with Crippen molar-refractivity contribution in [3.05, 3.63) is 59.1 Å². The fourth-order valence-corrected chi connectivity index (χ4v) is 3.30. The summed E-state index contributed by atoms with van der Waals surface area (Å²) in [5, 5.41) is 10.5. The number of hydrogen-bond acceptors (Lipinski definition) is 5. The number of aromatic hydroxyl groups is 1. The second-order valence-corrected chi connectivity index (χ2v) is 7.12. The van der Waals surface area contributed by atoms with E-state index in [9.17, 15) is 9.90 Å². The molecule has 0 bridgehead atoms. The van der Waals surface area contributed by atoms with Crippen LogP contribution in [-0.4, -0.2) is 33.9 Å². The molecule has 0 saturated heterocycles. The molecular formula is C23H28N2O3. The highest BCUT2D eigenvalue weighted by molar-refractivity contribution is 6.14. The van der Waals surface area contributed by atoms with E-state index in [4.69, 9.17) is 4.74 Å². The highest BCUT2D eigenvalue weighted by atomic mass is 16.5. The number of ether oxygens (including phenoxy) is 1. The molecule has 1 aliphatic heterocycles. The largest absolute Gasteiger partial charge is 0.507 e. The van der Waals surface area contributed by atoms with E-state index < -0.39 is 0 Å². The quantitative estimate of drug-likeness (QED) is 0.633. The van der Waals surface area contributed by atoms with Crippen LogP contribution in [0, 0.1) is 0 Å². The molecule has 0 atom stereocenters. The molecule has 5 heteroatoms. The smallest absolute Gasteiger partial charge is 0.232 e. The van der Waals surface area contributed by atoms with Gasteiger partial charge in [0, 0.05) is 18.8 Å². The average Bonchev–Trinajstić information content (AvgIpc) is 3.02. The van der Waals surface area contributed by atoms with Gasteiger partial charge in [0.25, 0.3) is 0 Å². The number of phenolic OH excluding ortho intramolecular Hbond substituents is 1. The lowest BCUT2D eigenvalue weighted by atomic mass is 10.0. The van der Waals surface area contributed by atoms with E-state index in [1.165, 1.54) is 0 Å². The van der Waals surface area contributed by atoms with Gasteiger partial charge < -0.3 is 9.84 Å². The molecule has 2 heterocycles. The molecule has 0 spiro atoms. The molecule has 0 aliphatic carbocycles. The molecule has 0 unspecified atom stereocenters. The van der Waals surface area contributed by atoms with E-state index in [1.54, 1.807) is 24.4 Å². The minimum absolute atomic E-state index is 0.170. The maximum atomic E-state index is 12.8. The molecule has 0 amide bonds. The molecule has 148 valence electrons. The first-order valence-corrected chi connectivity index (χ1v) is 10.1. The summed E-state index contributed by atoms with van der Waals surface area (Å²) in [5.41, 5.74) is 1.85. The van der Waals surface area contributed by atoms with Crippen molar-refractivity contribution in [2.24, 2.45) is 0 Å². The van der Waals surface area contributed by atoms with Crippen LogP contribution in [0.25, 0.3) is 6.08 Å². The fourth-order valence-electron chi connectivity index (χ4n) is 3.30. The van der Waals surface area contributed by atoms with Gasteiger partial charge in [-0.15, -0.1) is 0 Å². The first kappa shape index (κ1) is 20.1. The van der Waals surface area contributed by atoms with Crippen molar-refractivity contribution in [1.82, 2.24) is 9.88 Å². The molecule has 1 aliphatic rings. The van der Waals surface area contributed by atoms with Gasteiger partial charge in [-0.25, -0.2) is 0 Å². The van der Waals surface area contributed by atoms with Gasteiger partial charge in [-0.1, -0.05) is 32.8 Å². The molecule has 0 saturated carbocycles. The molecule has 3 rings (SSSR count). The highest BCUT2D eigenvalue weighted by Gasteiger charge is 2.31. The number of carbonyl (C=O) groups is 1. The minimum Gasteiger partial charge on any atom is -0.507 e. The fraction of sp³-hybridized carbons (Fsp3) is 0.391. The van der Waals surface area contributed by atoms with Gasteiger partial charge in [-0.3, -0.25) is 14.7 Å². The van der Waals surface area contributed by atoms with Crippen LogP contribution in [0.1, 0.15) is 61.1 Å². The number of phenols is 1. The predicted molar refractivity (Wildman–Crippen MR) is 110 cm³/mol. The zero-order valence-electron chi connectivity index (χ0n) is 16.6. The Bertz CT molecular complexity index is 838. The Morgan fingerprint density at radius 1 is 1.11 bits per heavy atom. The Balaban J connectivity index is 1.88. The number of fused-ring (bicyclic) bond motifs is 1. The van der Waals surface area contributed by atoms with E-state index >= 15 is 0 Å². The lowest BCUT2D eigenvalue weighted by Crippen LogP contribution is -2.25. The van der Waals surface area contributed by atoms with E-state index in [0.717, 1.165) is 38.8 Å². The summed E-state index contributed by atoms with van der Waals surface area (Å²) in [7, 11) is 0. The van der Waals surface area contributed by atoms with Gasteiger partial charge in [0.2, 0.25) is 5.78 Å². The first-order chi connectivity index (χ1) is 13.6. The van der Waals surface area contributed by atoms with Crippen LogP contribution in [0.5, 0.6) is 11.5 Å². The monoisotopic (exact) mass is 380 g/mol. The van der Waals surface area contributed by atoms with E-state index in [-0.39, 0.29) is 17.3 Å². The molecule has 5 nitrogen and oxygen atoms in total. The standard InChI is InChI=1S/C23H28N2O3/c1-3-5-13-25(14-6-4-2)16-19-20(26)11-10-18-22(27)21(28-23(18)19)15-17-9-7-8-12-24-17/h7-12,15,26H,3-6,13-14,16H2,1-2H3/b21-15+. The second-order valence-electron chi connectivity index (χ2n) is 7.12. The Morgan fingerprint density at radius 2 is 1.86 bits per heavy atom. The van der Waals surface area contributed by atoms with Crippen molar-refractivity contribution in [2.75, 3.05) is 13.1 Å². The second kappa shape index (κ2) is 9.51. The van der Waals surface area contributed by atoms with Crippen LogP contribution in [-0.2, 0) is 6.54 Å². The van der Waals surface area contributed by atoms with Gasteiger partial charge in [0.15, 0.2) is 5.76 Å². The van der Waals surface area contributed by atoms with Crippen molar-refractivity contribution in [3.8, 4) is 11.5 Å². The lowest BCUT2D eigenvalue weighted by Gasteiger charge is -2.23. The Morgan fingerprint density at radius 3 is 2.50 bits per heavy atom. The number of aromatic nitrogens is 1. The number of unbranched alkanes of at least 4 members (excludes halogenated alkanes) is 2. The molecule has 28 heavy (non-hydrogen) atoms. The van der Waals surface area contributed by atoms with Crippen molar-refractivity contribution < 1.29 is 14.6 Å². The SMILES string of the molecule is CCCCN(CCCC)Cc1c(O)ccc2c1O/C(=C/c1ccccn1)C2=O. The number of Topliss-reactive ketones (excluding diaryl/α,β-unsaturated/α-hetero) is 1. The summed E-state index contributed by atoms with van der Waals surface area (Å²) in [6, 6.07) is 8.74. The zero-order chi connectivity index (χ0) is 19.9. The zero-order valence-corrected chi connectivity index (χ0v) is 16.6. The van der Waals surface area contributed by atoms with Crippen LogP contribution in [0.2, 0.25) is 0 Å². The Labute approximate surface area is 166 Å². The van der Waals surface area contributed by atoms with Crippen LogP contribution in [0.15, 0.2) is 42.3 Å². The molecule has 1 aromatic carbocycles. The number of rotatable bonds is 9. The summed E-state index contributed by atoms with van der Waals surface area (Å²) in [6.07, 6.45) is 7.76. The van der Waals surface area contributed by atoms with Gasteiger partial charge in [-0.2, -0.15) is 0 Å². The van der Waals surface area contributed by atoms with Gasteiger partial charge in [0.05, 0.1) is 16.8 Å². The number of nitrogens with zero attached hydrogens (tertiary/aromatic N) is 2. The lowest BCUT2D eigenvalue weighted by molar-refractivity contribution is 0.101. The third kappa shape index (κ3) is 4.60. The first-order valence-electron chi connectivity index (χ1n) is 10.1. The van der Waals surface area contributed by atoms with Crippen molar-refractivity contribution in [1.29, 1.82) is 0 Å². The van der Waals surface area contributed by atoms with Gasteiger partial charge >= 0.3 is 0 Å². The number of pyridine rings is 1. The third-order valence-corrected chi connectivity index (χ3v) is 4.92. The normalized spacial score (nSPS) is 14.5. The number of ketones is 1. The molecule has 0 radical (unpaired) electrons. The van der Waals surface area contributed by atoms with Gasteiger partial charge in [-0.05, 0) is 50.2 Å². The maximum Gasteiger partial charge on any atom is 0.232 e. The molecule has 2 aromatic rings. The number of allylic oxidation sites excluding steroid dienone is 1. The molecule has 0 fully saturated rings. The minimum atomic E-state index is -0.171. The van der Waals surface area contributed by atoms with Crippen molar-refractivity contribution >= 4 is 11.9 Å². The number of hydrogen-bond donors (Lipinski definition) is 1. The number of carbonyl (C=O) groups excluding carboxylic acids is 1. The summed E-state index contributed by atoms with van der Waals surface area (Å²) >= 11 is 0. The van der Waals surface area contributed by atoms with Crippen LogP contribution in [0.3, 0.4) is 0 Å². The highest BCUT2D eigenvalue weighted by Crippen LogP contribution is 2.40. The summed E-state index contributed by atoms with van der Waals surface area (Å²) in [6.45, 7) is 6.84. The Kier molecular flexibility index (Phi) is 6.82. The predicted octanol–water partition coefficient (Wildman–Crippen LogP) is 4.81. The third-order valence-electron chi connectivity index (χ3n) is 4.92. The Hall–Kier alpha value is -2.66. The van der Waals surface area contributed by atoms with Gasteiger partial charge in [0.1, 0.15) is 11.5 Å². The van der Waals surface area contributed by atoms with E-state index in [0.29, 0.717) is 29.1 Å². The van der Waals surface area contributed by atoms with Crippen molar-refractivity contribution in [2.45, 2.75) is 46.1 Å². The molecule has 1 aromatic heterocycles. The summed E-state index contributed by atoms with van der Waals surface area (Å²) in [4.78, 5) is 19.3. The van der Waals surface area contributed by atoms with Crippen molar-refractivity contribution in [3.63, 3.8) is 0 Å². The number of benzene rings is 1. The van der Waals surface area contributed by atoms with Crippen LogP contribution in [0.4, 0.5) is 0 Å². The average molecular weight is 380 g/mol. The molecular weight excluding hydrogens is 352 g/mol. The van der Waals surface area contributed by atoms with Crippen LogP contribution < -0.4 is 4.74 Å². The van der Waals surface area contributed by atoms with Crippen LogP contribution >= 0.6 is 0 Å². The topological polar surface area (TPSA) is 62.7 Å². The maximum absolute atomic E-state index is 12.8.